The Bertz CT molecular complexity index is 541. The number of halogens is 1. The van der Waals surface area contributed by atoms with Crippen molar-refractivity contribution in [3.05, 3.63) is 52.8 Å². The molecule has 2 unspecified atom stereocenters. The second-order valence-corrected chi connectivity index (χ2v) is 4.91. The van der Waals surface area contributed by atoms with E-state index in [2.05, 4.69) is 5.10 Å². The topological polar surface area (TPSA) is 53.1 Å². The molecule has 0 saturated carbocycles. The van der Waals surface area contributed by atoms with E-state index < -0.39 is 0 Å². The van der Waals surface area contributed by atoms with Crippen molar-refractivity contribution in [3.8, 4) is 0 Å². The maximum atomic E-state index is 6.41. The van der Waals surface area contributed by atoms with Crippen LogP contribution < -0.4 is 5.73 Å². The van der Waals surface area contributed by atoms with E-state index in [9.17, 15) is 0 Å². The van der Waals surface area contributed by atoms with Crippen LogP contribution >= 0.6 is 11.6 Å². The summed E-state index contributed by atoms with van der Waals surface area (Å²) in [7, 11) is 0. The molecule has 0 saturated heterocycles. The number of rotatable bonds is 6. The summed E-state index contributed by atoms with van der Waals surface area (Å²) in [5.41, 5.74) is 8.27. The molecule has 2 rings (SSSR count). The zero-order chi connectivity index (χ0) is 14.5. The maximum Gasteiger partial charge on any atom is 0.103 e. The number of aryl methyl sites for hydroxylation is 1. The third-order valence-corrected chi connectivity index (χ3v) is 3.54. The van der Waals surface area contributed by atoms with Crippen molar-refractivity contribution in [2.24, 2.45) is 5.73 Å². The van der Waals surface area contributed by atoms with Crippen LogP contribution in [0.3, 0.4) is 0 Å². The molecule has 4 nitrogen and oxygen atoms in total. The molecule has 1 aromatic carbocycles. The summed E-state index contributed by atoms with van der Waals surface area (Å²) in [5.74, 6) is 0. The van der Waals surface area contributed by atoms with E-state index in [0.29, 0.717) is 11.6 Å². The minimum Gasteiger partial charge on any atom is -0.372 e. The number of aromatic nitrogens is 2. The highest BCUT2D eigenvalue weighted by Crippen LogP contribution is 2.33. The fraction of sp³-hybridized carbons (Fsp3) is 0.400. The Morgan fingerprint density at radius 3 is 2.60 bits per heavy atom. The molecule has 20 heavy (non-hydrogen) atoms. The average Bonchev–Trinajstić information content (AvgIpc) is 2.86. The molecular weight excluding hydrogens is 274 g/mol. The number of ether oxygens (including phenoxy) is 1. The summed E-state index contributed by atoms with van der Waals surface area (Å²) in [5, 5.41) is 4.82. The Morgan fingerprint density at radius 1 is 1.30 bits per heavy atom. The molecule has 0 aliphatic carbocycles. The quantitative estimate of drug-likeness (QED) is 0.889. The van der Waals surface area contributed by atoms with Gasteiger partial charge in [-0.05, 0) is 19.4 Å². The second-order valence-electron chi connectivity index (χ2n) is 4.51. The molecule has 2 N–H and O–H groups in total. The zero-order valence-corrected chi connectivity index (χ0v) is 12.5. The second kappa shape index (κ2) is 6.88. The highest BCUT2D eigenvalue weighted by Gasteiger charge is 2.26. The van der Waals surface area contributed by atoms with Gasteiger partial charge in [0.1, 0.15) is 6.10 Å². The van der Waals surface area contributed by atoms with Crippen LogP contribution in [0.25, 0.3) is 0 Å². The van der Waals surface area contributed by atoms with Crippen molar-refractivity contribution < 1.29 is 4.74 Å². The lowest BCUT2D eigenvalue weighted by atomic mass is 10.00. The average molecular weight is 294 g/mol. The van der Waals surface area contributed by atoms with E-state index in [4.69, 9.17) is 22.1 Å². The molecule has 0 aliphatic heterocycles. The predicted octanol–water partition coefficient (Wildman–Crippen LogP) is 3.33. The SMILES string of the molecule is CCOC(c1ccccc1)C(N)c1c(Cl)cnn1CC. The highest BCUT2D eigenvalue weighted by atomic mass is 35.5. The Hall–Kier alpha value is -1.36. The first-order chi connectivity index (χ1) is 9.69. The predicted molar refractivity (Wildman–Crippen MR) is 80.6 cm³/mol. The van der Waals surface area contributed by atoms with Gasteiger partial charge in [-0.25, -0.2) is 0 Å². The van der Waals surface area contributed by atoms with Gasteiger partial charge in [-0.1, -0.05) is 41.9 Å². The summed E-state index contributed by atoms with van der Waals surface area (Å²) in [6.45, 7) is 5.29. The van der Waals surface area contributed by atoms with Crippen LogP contribution in [0.4, 0.5) is 0 Å². The molecule has 0 bridgehead atoms. The first-order valence-electron chi connectivity index (χ1n) is 6.82. The Morgan fingerprint density at radius 2 is 2.00 bits per heavy atom. The van der Waals surface area contributed by atoms with Gasteiger partial charge in [0.25, 0.3) is 0 Å². The smallest absolute Gasteiger partial charge is 0.103 e. The lowest BCUT2D eigenvalue weighted by Crippen LogP contribution is -2.25. The molecule has 0 spiro atoms. The van der Waals surface area contributed by atoms with Crippen molar-refractivity contribution >= 4 is 11.6 Å². The molecule has 1 aromatic heterocycles. The Labute approximate surface area is 124 Å². The van der Waals surface area contributed by atoms with Gasteiger partial charge in [-0.2, -0.15) is 5.10 Å². The lowest BCUT2D eigenvalue weighted by Gasteiger charge is -2.25. The number of benzene rings is 1. The van der Waals surface area contributed by atoms with Gasteiger partial charge in [-0.15, -0.1) is 0 Å². The fourth-order valence-corrected chi connectivity index (χ4v) is 2.60. The van der Waals surface area contributed by atoms with Gasteiger partial charge < -0.3 is 10.5 Å². The van der Waals surface area contributed by atoms with Gasteiger partial charge in [-0.3, -0.25) is 4.68 Å². The zero-order valence-electron chi connectivity index (χ0n) is 11.8. The van der Waals surface area contributed by atoms with Crippen molar-refractivity contribution in [2.75, 3.05) is 6.61 Å². The molecule has 0 aliphatic rings. The highest BCUT2D eigenvalue weighted by molar-refractivity contribution is 6.31. The van der Waals surface area contributed by atoms with Gasteiger partial charge in [0.2, 0.25) is 0 Å². The molecule has 5 heteroatoms. The molecule has 0 radical (unpaired) electrons. The van der Waals surface area contributed by atoms with Crippen LogP contribution in [-0.2, 0) is 11.3 Å². The number of nitrogens with two attached hydrogens (primary N) is 1. The van der Waals surface area contributed by atoms with Crippen LogP contribution in [0.5, 0.6) is 0 Å². The van der Waals surface area contributed by atoms with E-state index in [1.165, 1.54) is 0 Å². The summed E-state index contributed by atoms with van der Waals surface area (Å²) < 4.78 is 7.66. The standard InChI is InChI=1S/C15H20ClN3O/c1-3-19-14(12(16)10-18-19)13(17)15(20-4-2)11-8-6-5-7-9-11/h5-10,13,15H,3-4,17H2,1-2H3. The first kappa shape index (κ1) is 15.0. The van der Waals surface area contributed by atoms with Crippen LogP contribution in [0.15, 0.2) is 36.5 Å². The van der Waals surface area contributed by atoms with E-state index >= 15 is 0 Å². The number of hydrogen-bond donors (Lipinski definition) is 1. The monoisotopic (exact) mass is 293 g/mol. The van der Waals surface area contributed by atoms with Crippen LogP contribution in [-0.4, -0.2) is 16.4 Å². The van der Waals surface area contributed by atoms with Crippen molar-refractivity contribution in [1.29, 1.82) is 0 Å². The molecule has 0 amide bonds. The largest absolute Gasteiger partial charge is 0.372 e. The van der Waals surface area contributed by atoms with Gasteiger partial charge in [0.15, 0.2) is 0 Å². The van der Waals surface area contributed by atoms with E-state index in [1.807, 2.05) is 48.9 Å². The van der Waals surface area contributed by atoms with E-state index in [-0.39, 0.29) is 12.1 Å². The Kier molecular flexibility index (Phi) is 5.17. The summed E-state index contributed by atoms with van der Waals surface area (Å²) in [6.07, 6.45) is 1.40. The van der Waals surface area contributed by atoms with Gasteiger partial charge in [0, 0.05) is 13.2 Å². The van der Waals surface area contributed by atoms with Crippen LogP contribution in [0, 0.1) is 0 Å². The van der Waals surface area contributed by atoms with Gasteiger partial charge >= 0.3 is 0 Å². The third-order valence-electron chi connectivity index (χ3n) is 3.25. The van der Waals surface area contributed by atoms with Crippen molar-refractivity contribution in [2.45, 2.75) is 32.5 Å². The summed E-state index contributed by atoms with van der Waals surface area (Å²) in [4.78, 5) is 0. The number of nitrogens with zero attached hydrogens (tertiary/aromatic N) is 2. The van der Waals surface area contributed by atoms with E-state index in [1.54, 1.807) is 6.20 Å². The van der Waals surface area contributed by atoms with Crippen molar-refractivity contribution in [3.63, 3.8) is 0 Å². The summed E-state index contributed by atoms with van der Waals surface area (Å²) in [6, 6.07) is 9.61. The minimum atomic E-state index is -0.354. The fourth-order valence-electron chi connectivity index (χ4n) is 2.33. The molecular formula is C15H20ClN3O. The molecule has 2 aromatic rings. The van der Waals surface area contributed by atoms with Gasteiger partial charge in [0.05, 0.1) is 23.0 Å². The Balaban J connectivity index is 2.36. The molecule has 0 fully saturated rings. The normalized spacial score (nSPS) is 14.2. The third kappa shape index (κ3) is 3.03. The molecule has 108 valence electrons. The maximum absolute atomic E-state index is 6.41. The van der Waals surface area contributed by atoms with E-state index in [0.717, 1.165) is 17.8 Å². The summed E-state index contributed by atoms with van der Waals surface area (Å²) >= 11 is 6.23. The van der Waals surface area contributed by atoms with Crippen LogP contribution in [0.1, 0.15) is 37.3 Å². The van der Waals surface area contributed by atoms with Crippen molar-refractivity contribution in [1.82, 2.24) is 9.78 Å². The minimum absolute atomic E-state index is 0.235. The lowest BCUT2D eigenvalue weighted by molar-refractivity contribution is 0.0409. The van der Waals surface area contributed by atoms with Crippen LogP contribution in [0.2, 0.25) is 5.02 Å². The first-order valence-corrected chi connectivity index (χ1v) is 7.20. The molecule has 1 heterocycles. The number of hydrogen-bond acceptors (Lipinski definition) is 3. The molecule has 2 atom stereocenters.